The van der Waals surface area contributed by atoms with Crippen LogP contribution in [-0.4, -0.2) is 47.1 Å². The van der Waals surface area contributed by atoms with Crippen LogP contribution in [0.25, 0.3) is 0 Å². The topological polar surface area (TPSA) is 67.3 Å². The molecule has 1 aromatic carbocycles. The molecule has 1 fully saturated rings. The second kappa shape index (κ2) is 9.90. The molecule has 27 heavy (non-hydrogen) atoms. The first kappa shape index (κ1) is 19.1. The largest absolute Gasteiger partial charge is 0.494 e. The Labute approximate surface area is 161 Å². The standard InChI is InChI=1S/C21H28N4O2/c1-2-13-27-19-7-3-5-17(14-19)8-11-23-21(26)25-12-4-6-18(15-25)20-9-10-22-16-24-20/h3,5,7,9-10,14,16,18H,2,4,6,8,11-13,15H2,1H3,(H,23,26)/t18-/m0/s1. The van der Waals surface area contributed by atoms with Gasteiger partial charge < -0.3 is 15.0 Å². The van der Waals surface area contributed by atoms with Gasteiger partial charge in [-0.05, 0) is 49.4 Å². The molecule has 2 amide bonds. The molecule has 0 bridgehead atoms. The molecule has 0 radical (unpaired) electrons. The quantitative estimate of drug-likeness (QED) is 0.813. The molecular formula is C21H28N4O2. The summed E-state index contributed by atoms with van der Waals surface area (Å²) in [5, 5.41) is 3.05. The van der Waals surface area contributed by atoms with Crippen molar-refractivity contribution in [2.75, 3.05) is 26.2 Å². The fourth-order valence-electron chi connectivity index (χ4n) is 3.38. The number of nitrogens with one attached hydrogen (secondary N) is 1. The van der Waals surface area contributed by atoms with Gasteiger partial charge in [0.2, 0.25) is 0 Å². The zero-order valence-electron chi connectivity index (χ0n) is 15.9. The molecular weight excluding hydrogens is 340 g/mol. The van der Waals surface area contributed by atoms with Crippen LogP contribution >= 0.6 is 0 Å². The smallest absolute Gasteiger partial charge is 0.317 e. The fourth-order valence-corrected chi connectivity index (χ4v) is 3.38. The molecule has 1 aromatic heterocycles. The third-order valence-corrected chi connectivity index (χ3v) is 4.79. The zero-order valence-corrected chi connectivity index (χ0v) is 15.9. The molecule has 2 aromatic rings. The Bertz CT molecular complexity index is 723. The minimum Gasteiger partial charge on any atom is -0.494 e. The van der Waals surface area contributed by atoms with Gasteiger partial charge in [-0.15, -0.1) is 0 Å². The number of nitrogens with zero attached hydrogens (tertiary/aromatic N) is 3. The molecule has 0 spiro atoms. The lowest BCUT2D eigenvalue weighted by atomic mass is 9.95. The number of carbonyl (C=O) groups excluding carboxylic acids is 1. The predicted octanol–water partition coefficient (Wildman–Crippen LogP) is 3.40. The molecule has 2 heterocycles. The Kier molecular flexibility index (Phi) is 7.02. The summed E-state index contributed by atoms with van der Waals surface area (Å²) in [6.07, 6.45) is 7.18. The molecule has 3 rings (SSSR count). The molecule has 0 saturated carbocycles. The van der Waals surface area contributed by atoms with Crippen molar-refractivity contribution in [2.45, 2.75) is 38.5 Å². The summed E-state index contributed by atoms with van der Waals surface area (Å²) in [4.78, 5) is 22.8. The van der Waals surface area contributed by atoms with Crippen LogP contribution in [0.3, 0.4) is 0 Å². The first-order chi connectivity index (χ1) is 13.3. The highest BCUT2D eigenvalue weighted by molar-refractivity contribution is 5.74. The molecule has 1 aliphatic rings. The second-order valence-corrected chi connectivity index (χ2v) is 6.90. The highest BCUT2D eigenvalue weighted by Gasteiger charge is 2.25. The lowest BCUT2D eigenvalue weighted by molar-refractivity contribution is 0.179. The summed E-state index contributed by atoms with van der Waals surface area (Å²) in [5.41, 5.74) is 2.19. The minimum absolute atomic E-state index is 0.00661. The van der Waals surface area contributed by atoms with Crippen molar-refractivity contribution >= 4 is 6.03 Å². The number of piperidine rings is 1. The van der Waals surface area contributed by atoms with E-state index in [1.54, 1.807) is 12.5 Å². The summed E-state index contributed by atoms with van der Waals surface area (Å²) < 4.78 is 5.67. The van der Waals surface area contributed by atoms with Gasteiger partial charge in [0.15, 0.2) is 0 Å². The van der Waals surface area contributed by atoms with Gasteiger partial charge >= 0.3 is 6.03 Å². The number of hydrogen-bond acceptors (Lipinski definition) is 4. The number of hydrogen-bond donors (Lipinski definition) is 1. The number of amides is 2. The zero-order chi connectivity index (χ0) is 18.9. The van der Waals surface area contributed by atoms with Crippen molar-refractivity contribution in [3.63, 3.8) is 0 Å². The maximum absolute atomic E-state index is 12.5. The number of carbonyl (C=O) groups is 1. The van der Waals surface area contributed by atoms with Crippen LogP contribution < -0.4 is 10.1 Å². The number of aromatic nitrogens is 2. The molecule has 0 unspecified atom stereocenters. The Morgan fingerprint density at radius 1 is 1.37 bits per heavy atom. The third kappa shape index (κ3) is 5.67. The van der Waals surface area contributed by atoms with Crippen LogP contribution in [0.15, 0.2) is 42.9 Å². The Morgan fingerprint density at radius 2 is 2.30 bits per heavy atom. The Hall–Kier alpha value is -2.63. The molecule has 1 saturated heterocycles. The van der Waals surface area contributed by atoms with E-state index in [-0.39, 0.29) is 6.03 Å². The summed E-state index contributed by atoms with van der Waals surface area (Å²) >= 11 is 0. The molecule has 144 valence electrons. The van der Waals surface area contributed by atoms with E-state index in [0.29, 0.717) is 19.0 Å². The van der Waals surface area contributed by atoms with E-state index in [0.717, 1.165) is 50.3 Å². The molecule has 6 heteroatoms. The van der Waals surface area contributed by atoms with E-state index in [2.05, 4.69) is 28.3 Å². The van der Waals surface area contributed by atoms with Gasteiger partial charge in [0.25, 0.3) is 0 Å². The summed E-state index contributed by atoms with van der Waals surface area (Å²) in [5.74, 6) is 1.18. The van der Waals surface area contributed by atoms with Crippen molar-refractivity contribution in [1.29, 1.82) is 0 Å². The number of benzene rings is 1. The maximum atomic E-state index is 12.5. The van der Waals surface area contributed by atoms with Gasteiger partial charge in [-0.3, -0.25) is 0 Å². The van der Waals surface area contributed by atoms with Crippen LogP contribution in [0.5, 0.6) is 5.75 Å². The van der Waals surface area contributed by atoms with Gasteiger partial charge in [0.05, 0.1) is 6.61 Å². The van der Waals surface area contributed by atoms with Gasteiger partial charge in [0.1, 0.15) is 12.1 Å². The third-order valence-electron chi connectivity index (χ3n) is 4.79. The van der Waals surface area contributed by atoms with Crippen molar-refractivity contribution in [3.8, 4) is 5.75 Å². The van der Waals surface area contributed by atoms with Crippen molar-refractivity contribution < 1.29 is 9.53 Å². The molecule has 1 aliphatic heterocycles. The van der Waals surface area contributed by atoms with E-state index >= 15 is 0 Å². The molecule has 0 aliphatic carbocycles. The second-order valence-electron chi connectivity index (χ2n) is 6.90. The average molecular weight is 368 g/mol. The van der Waals surface area contributed by atoms with Crippen molar-refractivity contribution in [3.05, 3.63) is 54.1 Å². The summed E-state index contributed by atoms with van der Waals surface area (Å²) in [6, 6.07) is 10.0. The van der Waals surface area contributed by atoms with E-state index in [1.807, 2.05) is 29.2 Å². The van der Waals surface area contributed by atoms with Crippen molar-refractivity contribution in [2.24, 2.45) is 0 Å². The number of likely N-dealkylation sites (tertiary alicyclic amines) is 1. The van der Waals surface area contributed by atoms with E-state index in [4.69, 9.17) is 4.74 Å². The maximum Gasteiger partial charge on any atom is 0.317 e. The van der Waals surface area contributed by atoms with Crippen molar-refractivity contribution in [1.82, 2.24) is 20.2 Å². The predicted molar refractivity (Wildman–Crippen MR) is 105 cm³/mol. The monoisotopic (exact) mass is 368 g/mol. The SMILES string of the molecule is CCCOc1cccc(CCNC(=O)N2CCC[C@H](c3ccncn3)C2)c1. The Morgan fingerprint density at radius 3 is 3.11 bits per heavy atom. The number of ether oxygens (including phenoxy) is 1. The van der Waals surface area contributed by atoms with E-state index in [1.165, 1.54) is 5.56 Å². The summed E-state index contributed by atoms with van der Waals surface area (Å²) in [6.45, 7) is 4.94. The minimum atomic E-state index is 0.00661. The van der Waals surface area contributed by atoms with Crippen LogP contribution in [0.4, 0.5) is 4.79 Å². The van der Waals surface area contributed by atoms with Gasteiger partial charge in [-0.25, -0.2) is 14.8 Å². The first-order valence-corrected chi connectivity index (χ1v) is 9.76. The summed E-state index contributed by atoms with van der Waals surface area (Å²) in [7, 11) is 0. The molecule has 6 nitrogen and oxygen atoms in total. The Balaban J connectivity index is 1.46. The average Bonchev–Trinajstić information content (AvgIpc) is 2.73. The van der Waals surface area contributed by atoms with Crippen LogP contribution in [0.1, 0.15) is 43.4 Å². The van der Waals surface area contributed by atoms with Gasteiger partial charge in [-0.2, -0.15) is 0 Å². The fraction of sp³-hybridized carbons (Fsp3) is 0.476. The molecule has 1 atom stereocenters. The van der Waals surface area contributed by atoms with Crippen LogP contribution in [-0.2, 0) is 6.42 Å². The van der Waals surface area contributed by atoms with Crippen LogP contribution in [0, 0.1) is 0 Å². The first-order valence-electron chi connectivity index (χ1n) is 9.76. The van der Waals surface area contributed by atoms with Crippen LogP contribution in [0.2, 0.25) is 0 Å². The molecule has 1 N–H and O–H groups in total. The van der Waals surface area contributed by atoms with Gasteiger partial charge in [-0.1, -0.05) is 19.1 Å². The number of rotatable bonds is 7. The lowest BCUT2D eigenvalue weighted by Gasteiger charge is -2.32. The normalized spacial score (nSPS) is 16.8. The number of urea groups is 1. The van der Waals surface area contributed by atoms with Gasteiger partial charge in [0, 0.05) is 37.4 Å². The lowest BCUT2D eigenvalue weighted by Crippen LogP contribution is -2.45. The van der Waals surface area contributed by atoms with E-state index < -0.39 is 0 Å². The highest BCUT2D eigenvalue weighted by Crippen LogP contribution is 2.25. The van der Waals surface area contributed by atoms with E-state index in [9.17, 15) is 4.79 Å². The highest BCUT2D eigenvalue weighted by atomic mass is 16.5.